The maximum atomic E-state index is 13.6. The van der Waals surface area contributed by atoms with Crippen molar-refractivity contribution < 1.29 is 14.2 Å². The summed E-state index contributed by atoms with van der Waals surface area (Å²) in [5.41, 5.74) is 1.66. The van der Waals surface area contributed by atoms with Gasteiger partial charge in [0.2, 0.25) is 0 Å². The van der Waals surface area contributed by atoms with Crippen LogP contribution < -0.4 is 4.74 Å². The Morgan fingerprint density at radius 2 is 1.82 bits per heavy atom. The van der Waals surface area contributed by atoms with E-state index in [4.69, 9.17) is 4.74 Å². The summed E-state index contributed by atoms with van der Waals surface area (Å²) in [6.07, 6.45) is -0.628. The van der Waals surface area contributed by atoms with E-state index in [1.165, 1.54) is 6.07 Å². The van der Waals surface area contributed by atoms with Crippen molar-refractivity contribution in [2.45, 2.75) is 19.6 Å². The van der Waals surface area contributed by atoms with E-state index < -0.39 is 6.10 Å². The van der Waals surface area contributed by atoms with Crippen molar-refractivity contribution in [3.05, 3.63) is 65.5 Å². The van der Waals surface area contributed by atoms with E-state index in [0.29, 0.717) is 18.7 Å². The van der Waals surface area contributed by atoms with Crippen molar-refractivity contribution in [2.75, 3.05) is 20.2 Å². The average Bonchev–Trinajstić information content (AvgIpc) is 2.49. The van der Waals surface area contributed by atoms with E-state index in [1.54, 1.807) is 12.1 Å². The Kier molecular flexibility index (Phi) is 5.92. The maximum Gasteiger partial charge on any atom is 0.127 e. The minimum absolute atomic E-state index is 0.215. The summed E-state index contributed by atoms with van der Waals surface area (Å²) in [5, 5.41) is 10.1. The Labute approximate surface area is 131 Å². The number of aliphatic hydroxyl groups is 1. The van der Waals surface area contributed by atoms with Crippen LogP contribution in [-0.4, -0.2) is 36.3 Å². The third kappa shape index (κ3) is 4.83. The van der Waals surface area contributed by atoms with E-state index in [1.807, 2.05) is 49.2 Å². The summed E-state index contributed by atoms with van der Waals surface area (Å²) in [6.45, 7) is 3.05. The Bertz CT molecular complexity index is 603. The normalized spacial score (nSPS) is 12.4. The Morgan fingerprint density at radius 3 is 2.55 bits per heavy atom. The van der Waals surface area contributed by atoms with E-state index >= 15 is 0 Å². The lowest BCUT2D eigenvalue weighted by Crippen LogP contribution is -2.33. The van der Waals surface area contributed by atoms with Crippen LogP contribution >= 0.6 is 0 Å². The molecule has 0 spiro atoms. The zero-order valence-corrected chi connectivity index (χ0v) is 13.0. The number of aliphatic hydroxyl groups excluding tert-OH is 1. The summed E-state index contributed by atoms with van der Waals surface area (Å²) in [4.78, 5) is 1.88. The van der Waals surface area contributed by atoms with E-state index in [9.17, 15) is 9.50 Å². The van der Waals surface area contributed by atoms with Crippen LogP contribution in [0.3, 0.4) is 0 Å². The fourth-order valence-corrected chi connectivity index (χ4v) is 2.30. The van der Waals surface area contributed by atoms with Gasteiger partial charge in [-0.2, -0.15) is 0 Å². The lowest BCUT2D eigenvalue weighted by molar-refractivity contribution is 0.0738. The van der Waals surface area contributed by atoms with Crippen molar-refractivity contribution in [3.63, 3.8) is 0 Å². The van der Waals surface area contributed by atoms with Crippen LogP contribution in [0.1, 0.15) is 11.1 Å². The van der Waals surface area contributed by atoms with Gasteiger partial charge < -0.3 is 9.84 Å². The number of halogens is 1. The summed E-state index contributed by atoms with van der Waals surface area (Å²) >= 11 is 0. The lowest BCUT2D eigenvalue weighted by atomic mass is 10.2. The molecule has 0 aliphatic rings. The topological polar surface area (TPSA) is 32.7 Å². The highest BCUT2D eigenvalue weighted by atomic mass is 19.1. The van der Waals surface area contributed by atoms with Gasteiger partial charge in [-0.25, -0.2) is 4.39 Å². The van der Waals surface area contributed by atoms with Gasteiger partial charge >= 0.3 is 0 Å². The average molecular weight is 303 g/mol. The lowest BCUT2D eigenvalue weighted by Gasteiger charge is -2.21. The molecule has 0 heterocycles. The Morgan fingerprint density at radius 1 is 1.14 bits per heavy atom. The third-order valence-corrected chi connectivity index (χ3v) is 3.45. The molecule has 3 nitrogen and oxygen atoms in total. The van der Waals surface area contributed by atoms with Crippen LogP contribution in [0.4, 0.5) is 4.39 Å². The Balaban J connectivity index is 1.80. The molecule has 0 radical (unpaired) electrons. The second-order valence-electron chi connectivity index (χ2n) is 5.52. The highest BCUT2D eigenvalue weighted by Gasteiger charge is 2.11. The molecule has 2 aromatic carbocycles. The van der Waals surface area contributed by atoms with Gasteiger partial charge in [0.25, 0.3) is 0 Å². The SMILES string of the molecule is Cc1ccccc1OCC(O)CN(C)Cc1ccccc1F. The number of para-hydroxylation sites is 1. The quantitative estimate of drug-likeness (QED) is 0.853. The molecular formula is C18H22FNO2. The van der Waals surface area contributed by atoms with E-state index in [-0.39, 0.29) is 12.4 Å². The molecule has 1 atom stereocenters. The first-order valence-corrected chi connectivity index (χ1v) is 7.34. The first kappa shape index (κ1) is 16.5. The van der Waals surface area contributed by atoms with Crippen molar-refractivity contribution in [1.29, 1.82) is 0 Å². The molecule has 0 aromatic heterocycles. The molecule has 0 bridgehead atoms. The third-order valence-electron chi connectivity index (χ3n) is 3.45. The van der Waals surface area contributed by atoms with Crippen LogP contribution in [0.15, 0.2) is 48.5 Å². The van der Waals surface area contributed by atoms with E-state index in [2.05, 4.69) is 0 Å². The zero-order chi connectivity index (χ0) is 15.9. The summed E-state index contributed by atoms with van der Waals surface area (Å²) in [7, 11) is 1.85. The minimum atomic E-state index is -0.628. The summed E-state index contributed by atoms with van der Waals surface area (Å²) < 4.78 is 19.2. The number of hydrogen-bond acceptors (Lipinski definition) is 3. The Hall–Kier alpha value is -1.91. The van der Waals surface area contributed by atoms with Gasteiger partial charge in [0.15, 0.2) is 0 Å². The van der Waals surface area contributed by atoms with Crippen LogP contribution in [-0.2, 0) is 6.54 Å². The molecule has 0 saturated heterocycles. The van der Waals surface area contributed by atoms with Crippen LogP contribution in [0.2, 0.25) is 0 Å². The van der Waals surface area contributed by atoms with Crippen LogP contribution in [0, 0.1) is 12.7 Å². The number of rotatable bonds is 7. The van der Waals surface area contributed by atoms with Gasteiger partial charge in [0.1, 0.15) is 24.3 Å². The molecule has 22 heavy (non-hydrogen) atoms. The molecule has 0 aliphatic heterocycles. The highest BCUT2D eigenvalue weighted by molar-refractivity contribution is 5.31. The second kappa shape index (κ2) is 7.92. The molecule has 0 saturated carbocycles. The number of nitrogens with zero attached hydrogens (tertiary/aromatic N) is 1. The van der Waals surface area contributed by atoms with Crippen LogP contribution in [0.25, 0.3) is 0 Å². The van der Waals surface area contributed by atoms with E-state index in [0.717, 1.165) is 11.3 Å². The van der Waals surface area contributed by atoms with Crippen molar-refractivity contribution in [3.8, 4) is 5.75 Å². The van der Waals surface area contributed by atoms with Crippen LogP contribution in [0.5, 0.6) is 5.75 Å². The molecule has 1 N–H and O–H groups in total. The fourth-order valence-electron chi connectivity index (χ4n) is 2.30. The molecule has 0 fully saturated rings. The molecule has 0 aliphatic carbocycles. The number of benzene rings is 2. The standard InChI is InChI=1S/C18H22FNO2/c1-14-7-3-6-10-18(14)22-13-16(21)12-20(2)11-15-8-4-5-9-17(15)19/h3-10,16,21H,11-13H2,1-2H3. The predicted octanol–water partition coefficient (Wildman–Crippen LogP) is 3.01. The number of ether oxygens (including phenoxy) is 1. The number of aryl methyl sites for hydroxylation is 1. The molecule has 4 heteroatoms. The second-order valence-corrected chi connectivity index (χ2v) is 5.52. The highest BCUT2D eigenvalue weighted by Crippen LogP contribution is 2.16. The number of hydrogen-bond donors (Lipinski definition) is 1. The van der Waals surface area contributed by atoms with Gasteiger partial charge in [0.05, 0.1) is 0 Å². The van der Waals surface area contributed by atoms with Gasteiger partial charge in [-0.05, 0) is 31.7 Å². The molecule has 118 valence electrons. The maximum absolute atomic E-state index is 13.6. The largest absolute Gasteiger partial charge is 0.491 e. The molecule has 2 aromatic rings. The first-order valence-electron chi connectivity index (χ1n) is 7.34. The summed E-state index contributed by atoms with van der Waals surface area (Å²) in [5.74, 6) is 0.554. The zero-order valence-electron chi connectivity index (χ0n) is 13.0. The van der Waals surface area contributed by atoms with Crippen molar-refractivity contribution in [2.24, 2.45) is 0 Å². The molecule has 0 amide bonds. The van der Waals surface area contributed by atoms with Gasteiger partial charge in [0, 0.05) is 18.7 Å². The van der Waals surface area contributed by atoms with Crippen molar-refractivity contribution in [1.82, 2.24) is 4.90 Å². The molecular weight excluding hydrogens is 281 g/mol. The smallest absolute Gasteiger partial charge is 0.127 e. The van der Waals surface area contributed by atoms with Gasteiger partial charge in [-0.15, -0.1) is 0 Å². The van der Waals surface area contributed by atoms with Crippen molar-refractivity contribution >= 4 is 0 Å². The summed E-state index contributed by atoms with van der Waals surface area (Å²) in [6, 6.07) is 14.4. The predicted molar refractivity (Wildman–Crippen MR) is 85.4 cm³/mol. The van der Waals surface area contributed by atoms with Gasteiger partial charge in [-0.3, -0.25) is 4.90 Å². The fraction of sp³-hybridized carbons (Fsp3) is 0.333. The monoisotopic (exact) mass is 303 g/mol. The minimum Gasteiger partial charge on any atom is -0.491 e. The van der Waals surface area contributed by atoms with Gasteiger partial charge in [-0.1, -0.05) is 36.4 Å². The number of likely N-dealkylation sites (N-methyl/N-ethyl adjacent to an activating group) is 1. The molecule has 2 rings (SSSR count). The molecule has 1 unspecified atom stereocenters. The first-order chi connectivity index (χ1) is 10.6.